The fraction of sp³-hybridized carbons (Fsp3) is 0.625. The van der Waals surface area contributed by atoms with E-state index in [0.29, 0.717) is 5.92 Å². The summed E-state index contributed by atoms with van der Waals surface area (Å²) in [6.45, 7) is 8.63. The average molecular weight is 247 g/mol. The molecule has 0 bridgehead atoms. The van der Waals surface area contributed by atoms with Crippen molar-refractivity contribution in [2.75, 3.05) is 13.2 Å². The van der Waals surface area contributed by atoms with Gasteiger partial charge in [0.25, 0.3) is 0 Å². The van der Waals surface area contributed by atoms with Gasteiger partial charge in [0.1, 0.15) is 5.75 Å². The molecule has 1 N–H and O–H groups in total. The first kappa shape index (κ1) is 13.4. The van der Waals surface area contributed by atoms with E-state index in [1.54, 1.807) is 0 Å². The topological polar surface area (TPSA) is 21.3 Å². The molecule has 1 heterocycles. The molecule has 0 amide bonds. The van der Waals surface area contributed by atoms with E-state index < -0.39 is 0 Å². The van der Waals surface area contributed by atoms with Gasteiger partial charge < -0.3 is 10.1 Å². The molecule has 0 radical (unpaired) electrons. The molecule has 1 unspecified atom stereocenters. The fourth-order valence-corrected chi connectivity index (χ4v) is 2.53. The van der Waals surface area contributed by atoms with Crippen molar-refractivity contribution in [1.29, 1.82) is 0 Å². The van der Waals surface area contributed by atoms with Crippen LogP contribution in [-0.2, 0) is 0 Å². The molecule has 2 rings (SSSR count). The minimum absolute atomic E-state index is 0.230. The molecule has 2 heteroatoms. The van der Waals surface area contributed by atoms with Gasteiger partial charge in [-0.2, -0.15) is 0 Å². The number of hydrogen-bond acceptors (Lipinski definition) is 2. The third-order valence-corrected chi connectivity index (χ3v) is 3.47. The van der Waals surface area contributed by atoms with Gasteiger partial charge in [0.15, 0.2) is 0 Å². The minimum atomic E-state index is 0.230. The van der Waals surface area contributed by atoms with Crippen LogP contribution in [0.1, 0.15) is 51.5 Å². The predicted octanol–water partition coefficient (Wildman–Crippen LogP) is 3.72. The van der Waals surface area contributed by atoms with Gasteiger partial charge in [-0.3, -0.25) is 0 Å². The number of para-hydroxylation sites is 1. The number of hydrogen-bond donors (Lipinski definition) is 1. The molecule has 18 heavy (non-hydrogen) atoms. The van der Waals surface area contributed by atoms with Crippen molar-refractivity contribution in [1.82, 2.24) is 5.32 Å². The lowest BCUT2D eigenvalue weighted by atomic mass is 9.89. The van der Waals surface area contributed by atoms with Gasteiger partial charge in [-0.05, 0) is 64.1 Å². The van der Waals surface area contributed by atoms with Gasteiger partial charge in [0, 0.05) is 5.54 Å². The summed E-state index contributed by atoms with van der Waals surface area (Å²) in [5.74, 6) is 1.77. The van der Waals surface area contributed by atoms with E-state index in [-0.39, 0.29) is 5.54 Å². The summed E-state index contributed by atoms with van der Waals surface area (Å²) in [7, 11) is 0. The normalized spacial score (nSPS) is 19.2. The van der Waals surface area contributed by atoms with Gasteiger partial charge in [-0.1, -0.05) is 18.2 Å². The van der Waals surface area contributed by atoms with Crippen LogP contribution >= 0.6 is 0 Å². The van der Waals surface area contributed by atoms with Crippen LogP contribution in [0.25, 0.3) is 0 Å². The molecule has 1 atom stereocenters. The molecule has 0 aliphatic carbocycles. The Balaban J connectivity index is 1.84. The lowest BCUT2D eigenvalue weighted by molar-refractivity contribution is 0.260. The third-order valence-electron chi connectivity index (χ3n) is 3.47. The second kappa shape index (κ2) is 5.75. The minimum Gasteiger partial charge on any atom is -0.493 e. The fourth-order valence-electron chi connectivity index (χ4n) is 2.53. The van der Waals surface area contributed by atoms with Crippen LogP contribution in [-0.4, -0.2) is 18.7 Å². The Kier molecular flexibility index (Phi) is 4.28. The van der Waals surface area contributed by atoms with Crippen molar-refractivity contribution in [2.45, 2.75) is 51.5 Å². The molecule has 0 aromatic heterocycles. The van der Waals surface area contributed by atoms with Gasteiger partial charge in [0.2, 0.25) is 0 Å². The van der Waals surface area contributed by atoms with Crippen molar-refractivity contribution in [3.63, 3.8) is 0 Å². The van der Waals surface area contributed by atoms with Crippen molar-refractivity contribution < 1.29 is 4.74 Å². The first-order valence-corrected chi connectivity index (χ1v) is 7.03. The monoisotopic (exact) mass is 247 g/mol. The summed E-state index contributed by atoms with van der Waals surface area (Å²) >= 11 is 0. The Bertz CT molecular complexity index is 381. The Morgan fingerprint density at radius 2 is 2.06 bits per heavy atom. The van der Waals surface area contributed by atoms with E-state index in [1.165, 1.54) is 18.4 Å². The van der Waals surface area contributed by atoms with Crippen LogP contribution in [0, 0.1) is 0 Å². The summed E-state index contributed by atoms with van der Waals surface area (Å²) in [6.07, 6.45) is 3.65. The molecular formula is C16H25NO. The summed E-state index contributed by atoms with van der Waals surface area (Å²) < 4.78 is 5.70. The summed E-state index contributed by atoms with van der Waals surface area (Å²) in [5, 5.41) is 3.55. The average Bonchev–Trinajstić information content (AvgIpc) is 2.33. The van der Waals surface area contributed by atoms with E-state index in [4.69, 9.17) is 4.74 Å². The number of ether oxygens (including phenoxy) is 1. The number of fused-ring (bicyclic) bond motifs is 1. The smallest absolute Gasteiger partial charge is 0.122 e. The maximum Gasteiger partial charge on any atom is 0.122 e. The molecule has 0 spiro atoms. The Labute approximate surface area is 111 Å². The first-order chi connectivity index (χ1) is 8.56. The number of benzene rings is 1. The highest BCUT2D eigenvalue weighted by Crippen LogP contribution is 2.35. The summed E-state index contributed by atoms with van der Waals surface area (Å²) in [6, 6.07) is 8.49. The zero-order chi connectivity index (χ0) is 13.0. The van der Waals surface area contributed by atoms with Crippen LogP contribution in [0.5, 0.6) is 5.75 Å². The van der Waals surface area contributed by atoms with Crippen molar-refractivity contribution in [2.24, 2.45) is 0 Å². The highest BCUT2D eigenvalue weighted by Gasteiger charge is 2.20. The highest BCUT2D eigenvalue weighted by atomic mass is 16.5. The van der Waals surface area contributed by atoms with Gasteiger partial charge >= 0.3 is 0 Å². The van der Waals surface area contributed by atoms with Crippen molar-refractivity contribution in [3.8, 4) is 5.75 Å². The Hall–Kier alpha value is -1.02. The standard InChI is InChI=1S/C16H25NO/c1-16(2,3)17-11-6-7-13-10-12-18-15-9-5-4-8-14(13)15/h4-5,8-9,13,17H,6-7,10-12H2,1-3H3. The lowest BCUT2D eigenvalue weighted by Crippen LogP contribution is -2.36. The van der Waals surface area contributed by atoms with Crippen LogP contribution in [0.15, 0.2) is 24.3 Å². The quantitative estimate of drug-likeness (QED) is 0.819. The van der Waals surface area contributed by atoms with Gasteiger partial charge in [-0.15, -0.1) is 0 Å². The molecule has 2 nitrogen and oxygen atoms in total. The van der Waals surface area contributed by atoms with E-state index in [0.717, 1.165) is 25.3 Å². The summed E-state index contributed by atoms with van der Waals surface area (Å²) in [4.78, 5) is 0. The Morgan fingerprint density at radius 1 is 1.28 bits per heavy atom. The zero-order valence-electron chi connectivity index (χ0n) is 11.8. The maximum atomic E-state index is 5.70. The van der Waals surface area contributed by atoms with Crippen molar-refractivity contribution >= 4 is 0 Å². The first-order valence-electron chi connectivity index (χ1n) is 7.03. The van der Waals surface area contributed by atoms with Crippen LogP contribution in [0.4, 0.5) is 0 Å². The van der Waals surface area contributed by atoms with Crippen LogP contribution in [0.2, 0.25) is 0 Å². The molecule has 100 valence electrons. The second-order valence-electron chi connectivity index (χ2n) is 6.19. The van der Waals surface area contributed by atoms with E-state index in [1.807, 2.05) is 0 Å². The molecule has 0 fully saturated rings. The molecule has 1 aromatic carbocycles. The molecule has 1 aliphatic heterocycles. The van der Waals surface area contributed by atoms with Gasteiger partial charge in [0.05, 0.1) is 6.61 Å². The molecule has 0 saturated carbocycles. The molecule has 1 aliphatic rings. The molecule has 1 aromatic rings. The zero-order valence-corrected chi connectivity index (χ0v) is 11.8. The maximum absolute atomic E-state index is 5.70. The number of nitrogens with one attached hydrogen (secondary N) is 1. The largest absolute Gasteiger partial charge is 0.493 e. The van der Waals surface area contributed by atoms with E-state index in [2.05, 4.69) is 50.4 Å². The molecule has 0 saturated heterocycles. The third kappa shape index (κ3) is 3.74. The van der Waals surface area contributed by atoms with Crippen molar-refractivity contribution in [3.05, 3.63) is 29.8 Å². The molecular weight excluding hydrogens is 222 g/mol. The Morgan fingerprint density at radius 3 is 2.83 bits per heavy atom. The van der Waals surface area contributed by atoms with Crippen LogP contribution < -0.4 is 10.1 Å². The van der Waals surface area contributed by atoms with E-state index in [9.17, 15) is 0 Å². The second-order valence-corrected chi connectivity index (χ2v) is 6.19. The SMILES string of the molecule is CC(C)(C)NCCCC1CCOc2ccccc21. The van der Waals surface area contributed by atoms with Gasteiger partial charge in [-0.25, -0.2) is 0 Å². The number of rotatable bonds is 4. The summed E-state index contributed by atoms with van der Waals surface area (Å²) in [5.41, 5.74) is 1.63. The van der Waals surface area contributed by atoms with Crippen LogP contribution in [0.3, 0.4) is 0 Å². The lowest BCUT2D eigenvalue weighted by Gasteiger charge is -2.26. The highest BCUT2D eigenvalue weighted by molar-refractivity contribution is 5.37. The predicted molar refractivity (Wildman–Crippen MR) is 76.3 cm³/mol. The van der Waals surface area contributed by atoms with E-state index >= 15 is 0 Å².